The van der Waals surface area contributed by atoms with Crippen LogP contribution in [0.2, 0.25) is 0 Å². The molecule has 5 nitrogen and oxygen atoms in total. The van der Waals surface area contributed by atoms with Crippen molar-refractivity contribution in [2.45, 2.75) is 47.5 Å². The van der Waals surface area contributed by atoms with Crippen molar-refractivity contribution in [2.75, 3.05) is 13.1 Å². The minimum absolute atomic E-state index is 0.00996. The van der Waals surface area contributed by atoms with Gasteiger partial charge in [0, 0.05) is 19.5 Å². The summed E-state index contributed by atoms with van der Waals surface area (Å²) in [6.45, 7) is 11.6. The molecule has 0 aromatic carbocycles. The van der Waals surface area contributed by atoms with Crippen LogP contribution in [0.15, 0.2) is 0 Å². The van der Waals surface area contributed by atoms with E-state index in [4.69, 9.17) is 5.11 Å². The average Bonchev–Trinajstić information content (AvgIpc) is 2.33. The molecule has 1 atom stereocenters. The minimum Gasteiger partial charge on any atom is -0.481 e. The predicted octanol–water partition coefficient (Wildman–Crippen LogP) is 2.71. The Morgan fingerprint density at radius 1 is 1.00 bits per heavy atom. The van der Waals surface area contributed by atoms with Crippen LogP contribution >= 0.6 is 0 Å². The van der Waals surface area contributed by atoms with Gasteiger partial charge in [0.05, 0.1) is 0 Å². The van der Waals surface area contributed by atoms with Gasteiger partial charge in [-0.25, -0.2) is 4.79 Å². The molecule has 3 N–H and O–H groups in total. The first-order chi connectivity index (χ1) is 9.27. The van der Waals surface area contributed by atoms with E-state index in [0.29, 0.717) is 30.8 Å². The van der Waals surface area contributed by atoms with E-state index in [1.54, 1.807) is 0 Å². The molecule has 0 aromatic heterocycles. The molecule has 0 aliphatic heterocycles. The highest BCUT2D eigenvalue weighted by Gasteiger charge is 2.18. The van der Waals surface area contributed by atoms with Crippen molar-refractivity contribution in [3.8, 4) is 0 Å². The van der Waals surface area contributed by atoms with Gasteiger partial charge in [-0.1, -0.05) is 41.0 Å². The van der Waals surface area contributed by atoms with Crippen LogP contribution in [0.4, 0.5) is 4.79 Å². The van der Waals surface area contributed by atoms with Crippen LogP contribution in [-0.2, 0) is 4.79 Å². The van der Waals surface area contributed by atoms with Gasteiger partial charge in [0.15, 0.2) is 0 Å². The Hall–Kier alpha value is -1.26. The molecule has 118 valence electrons. The number of aliphatic carboxylic acids is 1. The van der Waals surface area contributed by atoms with Gasteiger partial charge in [-0.05, 0) is 23.7 Å². The van der Waals surface area contributed by atoms with Gasteiger partial charge in [0.2, 0.25) is 0 Å². The zero-order valence-electron chi connectivity index (χ0n) is 13.4. The molecule has 20 heavy (non-hydrogen) atoms. The summed E-state index contributed by atoms with van der Waals surface area (Å²) in [5.74, 6) is 0.654. The summed E-state index contributed by atoms with van der Waals surface area (Å²) >= 11 is 0. The first-order valence-electron chi connectivity index (χ1n) is 7.51. The molecule has 0 saturated heterocycles. The zero-order chi connectivity index (χ0) is 15.7. The van der Waals surface area contributed by atoms with Gasteiger partial charge < -0.3 is 15.7 Å². The number of hydrogen-bond donors (Lipinski definition) is 3. The highest BCUT2D eigenvalue weighted by Crippen LogP contribution is 2.19. The Morgan fingerprint density at radius 3 is 1.90 bits per heavy atom. The molecule has 0 aromatic rings. The summed E-state index contributed by atoms with van der Waals surface area (Å²) in [5, 5.41) is 14.4. The van der Waals surface area contributed by atoms with Gasteiger partial charge >= 0.3 is 12.0 Å². The smallest absolute Gasteiger partial charge is 0.314 e. The highest BCUT2D eigenvalue weighted by molar-refractivity contribution is 5.74. The molecular weight excluding hydrogens is 256 g/mol. The van der Waals surface area contributed by atoms with Gasteiger partial charge in [-0.2, -0.15) is 0 Å². The fraction of sp³-hybridized carbons (Fsp3) is 0.867. The maximum absolute atomic E-state index is 11.7. The number of carboxylic acid groups (broad SMARTS) is 1. The van der Waals surface area contributed by atoms with Crippen LogP contribution in [0.3, 0.4) is 0 Å². The van der Waals surface area contributed by atoms with E-state index >= 15 is 0 Å². The van der Waals surface area contributed by atoms with Crippen LogP contribution in [0.5, 0.6) is 0 Å². The number of carbonyl (C=O) groups excluding carboxylic acids is 1. The molecule has 0 aliphatic carbocycles. The molecule has 0 saturated carbocycles. The number of carboxylic acids is 1. The maximum Gasteiger partial charge on any atom is 0.314 e. The van der Waals surface area contributed by atoms with Crippen molar-refractivity contribution < 1.29 is 14.7 Å². The Morgan fingerprint density at radius 2 is 1.50 bits per heavy atom. The summed E-state index contributed by atoms with van der Waals surface area (Å²) < 4.78 is 0. The maximum atomic E-state index is 11.7. The van der Waals surface area contributed by atoms with Gasteiger partial charge in [0.1, 0.15) is 0 Å². The SMILES string of the molecule is CCC(CNC(=O)NCC(C(C)C)C(C)C)CC(=O)O. The lowest BCUT2D eigenvalue weighted by Gasteiger charge is -2.25. The lowest BCUT2D eigenvalue weighted by Crippen LogP contribution is -2.42. The first-order valence-corrected chi connectivity index (χ1v) is 7.51. The standard InChI is InChI=1S/C15H30N2O3/c1-6-12(7-14(18)19)8-16-15(20)17-9-13(10(2)3)11(4)5/h10-13H,6-9H2,1-5H3,(H,18,19)(H2,16,17,20). The monoisotopic (exact) mass is 286 g/mol. The summed E-state index contributed by atoms with van der Waals surface area (Å²) in [4.78, 5) is 22.4. The molecule has 0 fully saturated rings. The number of hydrogen-bond acceptors (Lipinski definition) is 2. The second-order valence-corrected chi connectivity index (χ2v) is 6.11. The lowest BCUT2D eigenvalue weighted by atomic mass is 9.85. The second-order valence-electron chi connectivity index (χ2n) is 6.11. The minimum atomic E-state index is -0.821. The molecule has 0 bridgehead atoms. The number of carbonyl (C=O) groups is 2. The number of nitrogens with one attached hydrogen (secondary N) is 2. The van der Waals surface area contributed by atoms with Crippen LogP contribution in [0.25, 0.3) is 0 Å². The van der Waals surface area contributed by atoms with Crippen molar-refractivity contribution in [1.29, 1.82) is 0 Å². The third-order valence-electron chi connectivity index (χ3n) is 3.80. The fourth-order valence-corrected chi connectivity index (χ4v) is 2.36. The van der Waals surface area contributed by atoms with E-state index in [9.17, 15) is 9.59 Å². The van der Waals surface area contributed by atoms with E-state index in [1.807, 2.05) is 6.92 Å². The van der Waals surface area contributed by atoms with Crippen LogP contribution in [0, 0.1) is 23.7 Å². The summed E-state index contributed by atoms with van der Waals surface area (Å²) in [6.07, 6.45) is 0.838. The molecule has 0 aliphatic rings. The molecule has 5 heteroatoms. The summed E-state index contributed by atoms with van der Waals surface area (Å²) in [7, 11) is 0. The number of amides is 2. The second kappa shape index (κ2) is 9.61. The van der Waals surface area contributed by atoms with Crippen LogP contribution in [-0.4, -0.2) is 30.2 Å². The Labute approximate surface area is 122 Å². The Bertz CT molecular complexity index is 295. The molecule has 0 radical (unpaired) electrons. The van der Waals surface area contributed by atoms with Crippen molar-refractivity contribution in [3.05, 3.63) is 0 Å². The third-order valence-corrected chi connectivity index (χ3v) is 3.80. The van der Waals surface area contributed by atoms with Gasteiger partial charge in [0.25, 0.3) is 0 Å². The summed E-state index contributed by atoms with van der Waals surface area (Å²) in [6, 6.07) is -0.208. The van der Waals surface area contributed by atoms with E-state index < -0.39 is 5.97 Å². The summed E-state index contributed by atoms with van der Waals surface area (Å²) in [5.41, 5.74) is 0. The van der Waals surface area contributed by atoms with E-state index in [-0.39, 0.29) is 18.4 Å². The molecule has 0 heterocycles. The average molecular weight is 286 g/mol. The Kier molecular flexibility index (Phi) is 9.01. The van der Waals surface area contributed by atoms with Crippen molar-refractivity contribution in [3.63, 3.8) is 0 Å². The van der Waals surface area contributed by atoms with Gasteiger partial charge in [-0.3, -0.25) is 4.79 Å². The molecule has 2 amide bonds. The normalized spacial score (nSPS) is 12.8. The lowest BCUT2D eigenvalue weighted by molar-refractivity contribution is -0.138. The zero-order valence-corrected chi connectivity index (χ0v) is 13.4. The first kappa shape index (κ1) is 18.7. The third kappa shape index (κ3) is 8.02. The number of urea groups is 1. The van der Waals surface area contributed by atoms with Gasteiger partial charge in [-0.15, -0.1) is 0 Å². The topological polar surface area (TPSA) is 78.4 Å². The molecule has 1 unspecified atom stereocenters. The van der Waals surface area contributed by atoms with Crippen LogP contribution in [0.1, 0.15) is 47.5 Å². The van der Waals surface area contributed by atoms with E-state index in [1.165, 1.54) is 0 Å². The molecule has 0 spiro atoms. The van der Waals surface area contributed by atoms with Crippen LogP contribution < -0.4 is 10.6 Å². The van der Waals surface area contributed by atoms with Crippen molar-refractivity contribution in [1.82, 2.24) is 10.6 Å². The molecule has 0 rings (SSSR count). The fourth-order valence-electron chi connectivity index (χ4n) is 2.36. The largest absolute Gasteiger partial charge is 0.481 e. The predicted molar refractivity (Wildman–Crippen MR) is 80.6 cm³/mol. The Balaban J connectivity index is 4.07. The van der Waals surface area contributed by atoms with Crippen molar-refractivity contribution in [2.24, 2.45) is 23.7 Å². The highest BCUT2D eigenvalue weighted by atomic mass is 16.4. The quantitative estimate of drug-likeness (QED) is 0.610. The number of rotatable bonds is 9. The van der Waals surface area contributed by atoms with E-state index in [2.05, 4.69) is 38.3 Å². The molecular formula is C15H30N2O3. The van der Waals surface area contributed by atoms with Crippen molar-refractivity contribution >= 4 is 12.0 Å². The van der Waals surface area contributed by atoms with E-state index in [0.717, 1.165) is 6.42 Å².